The molecular formula is C22H40O6. The molecule has 3 N–H and O–H groups in total. The minimum atomic E-state index is -1.98. The Morgan fingerprint density at radius 1 is 0.571 bits per heavy atom. The van der Waals surface area contributed by atoms with Gasteiger partial charge in [0, 0.05) is 6.42 Å². The Bertz CT molecular complexity index is 432. The predicted molar refractivity (Wildman–Crippen MR) is 110 cm³/mol. The van der Waals surface area contributed by atoms with Crippen LogP contribution in [-0.4, -0.2) is 33.2 Å². The quantitative estimate of drug-likeness (QED) is 0.174. The summed E-state index contributed by atoms with van der Waals surface area (Å²) in [4.78, 5) is 33.6. The maximum Gasteiger partial charge on any atom is 0.321 e. The molecule has 0 aliphatic rings. The van der Waals surface area contributed by atoms with Gasteiger partial charge in [-0.05, 0) is 12.8 Å². The second-order valence-corrected chi connectivity index (χ2v) is 7.93. The van der Waals surface area contributed by atoms with Crippen LogP contribution in [0.15, 0.2) is 0 Å². The standard InChI is InChI=1S/C22H40O6/c1-2-3-4-5-6-7-8-9-10-11-12-13-14-15-17-22(20(25)26,21(27)28)18-16-19(23)24/h2-18H2,1H3,(H,23,24)(H,25,26)(H,27,28). The van der Waals surface area contributed by atoms with Gasteiger partial charge in [-0.25, -0.2) is 0 Å². The Kier molecular flexibility index (Phi) is 15.4. The molecular weight excluding hydrogens is 360 g/mol. The van der Waals surface area contributed by atoms with Crippen LogP contribution >= 0.6 is 0 Å². The molecule has 0 aromatic carbocycles. The van der Waals surface area contributed by atoms with Crippen molar-refractivity contribution in [1.29, 1.82) is 0 Å². The number of carboxylic acids is 3. The van der Waals surface area contributed by atoms with Crippen LogP contribution < -0.4 is 0 Å². The van der Waals surface area contributed by atoms with Crippen LogP contribution in [-0.2, 0) is 14.4 Å². The van der Waals surface area contributed by atoms with Crippen molar-refractivity contribution in [2.75, 3.05) is 0 Å². The molecule has 0 rings (SSSR count). The van der Waals surface area contributed by atoms with E-state index in [9.17, 15) is 24.6 Å². The van der Waals surface area contributed by atoms with Crippen molar-refractivity contribution >= 4 is 17.9 Å². The molecule has 0 heterocycles. The molecule has 0 saturated carbocycles. The Morgan fingerprint density at radius 2 is 0.929 bits per heavy atom. The molecule has 0 aromatic rings. The second-order valence-electron chi connectivity index (χ2n) is 7.93. The first-order chi connectivity index (χ1) is 13.4. The van der Waals surface area contributed by atoms with Gasteiger partial charge in [-0.3, -0.25) is 14.4 Å². The molecule has 0 bridgehead atoms. The van der Waals surface area contributed by atoms with Crippen LogP contribution in [0.5, 0.6) is 0 Å². The van der Waals surface area contributed by atoms with E-state index in [2.05, 4.69) is 6.92 Å². The topological polar surface area (TPSA) is 112 Å². The molecule has 0 fully saturated rings. The lowest BCUT2D eigenvalue weighted by Gasteiger charge is -2.24. The average molecular weight is 401 g/mol. The Morgan fingerprint density at radius 3 is 1.25 bits per heavy atom. The van der Waals surface area contributed by atoms with Crippen LogP contribution in [0.1, 0.15) is 116 Å². The first-order valence-corrected chi connectivity index (χ1v) is 11.1. The van der Waals surface area contributed by atoms with Crippen LogP contribution in [0.2, 0.25) is 0 Å². The third kappa shape index (κ3) is 12.0. The molecule has 0 unspecified atom stereocenters. The summed E-state index contributed by atoms with van der Waals surface area (Å²) in [7, 11) is 0. The van der Waals surface area contributed by atoms with Crippen molar-refractivity contribution in [3.63, 3.8) is 0 Å². The molecule has 0 radical (unpaired) electrons. The Hall–Kier alpha value is -1.59. The van der Waals surface area contributed by atoms with Gasteiger partial charge in [0.1, 0.15) is 0 Å². The van der Waals surface area contributed by atoms with Gasteiger partial charge in [-0.2, -0.15) is 0 Å². The third-order valence-electron chi connectivity index (χ3n) is 5.54. The molecule has 0 aliphatic carbocycles. The SMILES string of the molecule is CCCCCCCCCCCCCCCCC(CCC(=O)O)(C(=O)O)C(=O)O. The normalized spacial score (nSPS) is 11.5. The lowest BCUT2D eigenvalue weighted by atomic mass is 9.78. The number of aliphatic carboxylic acids is 3. The van der Waals surface area contributed by atoms with Crippen molar-refractivity contribution < 1.29 is 29.7 Å². The molecule has 28 heavy (non-hydrogen) atoms. The van der Waals surface area contributed by atoms with Crippen molar-refractivity contribution in [2.45, 2.75) is 116 Å². The van der Waals surface area contributed by atoms with E-state index in [0.29, 0.717) is 6.42 Å². The number of hydrogen-bond acceptors (Lipinski definition) is 3. The summed E-state index contributed by atoms with van der Waals surface area (Å²) < 4.78 is 0. The largest absolute Gasteiger partial charge is 0.481 e. The molecule has 6 nitrogen and oxygen atoms in total. The van der Waals surface area contributed by atoms with E-state index >= 15 is 0 Å². The van der Waals surface area contributed by atoms with Crippen LogP contribution in [0.4, 0.5) is 0 Å². The summed E-state index contributed by atoms with van der Waals surface area (Å²) in [5.74, 6) is -4.04. The first kappa shape index (κ1) is 26.4. The summed E-state index contributed by atoms with van der Waals surface area (Å²) in [6.45, 7) is 2.23. The van der Waals surface area contributed by atoms with Gasteiger partial charge in [0.25, 0.3) is 0 Å². The summed E-state index contributed by atoms with van der Waals surface area (Å²) in [6.07, 6.45) is 15.5. The predicted octanol–water partition coefficient (Wildman–Crippen LogP) is 5.88. The molecule has 0 aromatic heterocycles. The summed E-state index contributed by atoms with van der Waals surface area (Å²) >= 11 is 0. The van der Waals surface area contributed by atoms with Gasteiger partial charge >= 0.3 is 17.9 Å². The third-order valence-corrected chi connectivity index (χ3v) is 5.54. The molecule has 0 saturated heterocycles. The van der Waals surface area contributed by atoms with Crippen molar-refractivity contribution in [3.05, 3.63) is 0 Å². The van der Waals surface area contributed by atoms with Gasteiger partial charge in [-0.15, -0.1) is 0 Å². The molecule has 0 aliphatic heterocycles. The maximum atomic E-state index is 11.5. The summed E-state index contributed by atoms with van der Waals surface area (Å²) in [5, 5.41) is 27.4. The lowest BCUT2D eigenvalue weighted by Crippen LogP contribution is -2.39. The van der Waals surface area contributed by atoms with E-state index in [1.54, 1.807) is 0 Å². The molecule has 0 spiro atoms. The van der Waals surface area contributed by atoms with Crippen molar-refractivity contribution in [1.82, 2.24) is 0 Å². The number of carbonyl (C=O) groups is 3. The fourth-order valence-corrected chi connectivity index (χ4v) is 3.59. The fraction of sp³-hybridized carbons (Fsp3) is 0.864. The monoisotopic (exact) mass is 400 g/mol. The highest BCUT2D eigenvalue weighted by molar-refractivity contribution is 5.98. The average Bonchev–Trinajstić information content (AvgIpc) is 2.63. The molecule has 0 amide bonds. The van der Waals surface area contributed by atoms with E-state index in [1.165, 1.54) is 57.8 Å². The first-order valence-electron chi connectivity index (χ1n) is 11.1. The van der Waals surface area contributed by atoms with E-state index in [0.717, 1.165) is 25.7 Å². The molecule has 6 heteroatoms. The highest BCUT2D eigenvalue weighted by atomic mass is 16.4. The minimum absolute atomic E-state index is 0.0109. The molecule has 164 valence electrons. The van der Waals surface area contributed by atoms with Gasteiger partial charge in [0.15, 0.2) is 5.41 Å². The summed E-state index contributed by atoms with van der Waals surface area (Å²) in [5.41, 5.74) is -1.98. The highest BCUT2D eigenvalue weighted by Gasteiger charge is 2.45. The van der Waals surface area contributed by atoms with Gasteiger partial charge in [-0.1, -0.05) is 96.8 Å². The minimum Gasteiger partial charge on any atom is -0.481 e. The zero-order chi connectivity index (χ0) is 21.3. The number of carboxylic acid groups (broad SMARTS) is 3. The second kappa shape index (κ2) is 16.4. The van der Waals surface area contributed by atoms with Gasteiger partial charge in [0.05, 0.1) is 0 Å². The zero-order valence-corrected chi connectivity index (χ0v) is 17.6. The maximum absolute atomic E-state index is 11.5. The van der Waals surface area contributed by atoms with E-state index in [1.807, 2.05) is 0 Å². The van der Waals surface area contributed by atoms with Crippen LogP contribution in [0.3, 0.4) is 0 Å². The van der Waals surface area contributed by atoms with Crippen LogP contribution in [0, 0.1) is 5.41 Å². The highest BCUT2D eigenvalue weighted by Crippen LogP contribution is 2.32. The lowest BCUT2D eigenvalue weighted by molar-refractivity contribution is -0.166. The van der Waals surface area contributed by atoms with Gasteiger partial charge < -0.3 is 15.3 Å². The van der Waals surface area contributed by atoms with Crippen LogP contribution in [0.25, 0.3) is 0 Å². The molecule has 0 atom stereocenters. The fourth-order valence-electron chi connectivity index (χ4n) is 3.59. The van der Waals surface area contributed by atoms with E-state index in [4.69, 9.17) is 5.11 Å². The zero-order valence-electron chi connectivity index (χ0n) is 17.6. The Labute approximate surface area is 169 Å². The number of unbranched alkanes of at least 4 members (excludes halogenated alkanes) is 13. The van der Waals surface area contributed by atoms with Crippen molar-refractivity contribution in [2.24, 2.45) is 5.41 Å². The number of hydrogen-bond donors (Lipinski definition) is 3. The Balaban J connectivity index is 3.81. The number of rotatable bonds is 20. The van der Waals surface area contributed by atoms with Gasteiger partial charge in [0.2, 0.25) is 0 Å². The van der Waals surface area contributed by atoms with Crippen molar-refractivity contribution in [3.8, 4) is 0 Å². The summed E-state index contributed by atoms with van der Waals surface area (Å²) in [6, 6.07) is 0. The van der Waals surface area contributed by atoms with E-state index in [-0.39, 0.29) is 12.8 Å². The smallest absolute Gasteiger partial charge is 0.321 e. The van der Waals surface area contributed by atoms with E-state index < -0.39 is 29.7 Å².